The van der Waals surface area contributed by atoms with Crippen LogP contribution in [-0.4, -0.2) is 24.9 Å². The Morgan fingerprint density at radius 1 is 1.25 bits per heavy atom. The summed E-state index contributed by atoms with van der Waals surface area (Å²) in [6, 6.07) is 10.0. The first kappa shape index (κ1) is 21.8. The van der Waals surface area contributed by atoms with Gasteiger partial charge in [-0.1, -0.05) is 25.4 Å². The van der Waals surface area contributed by atoms with Gasteiger partial charge in [-0.15, -0.1) is 0 Å². The van der Waals surface area contributed by atoms with Gasteiger partial charge in [0, 0.05) is 42.8 Å². The van der Waals surface area contributed by atoms with Crippen molar-refractivity contribution in [2.24, 2.45) is 0 Å². The van der Waals surface area contributed by atoms with Gasteiger partial charge in [0.1, 0.15) is 24.0 Å². The fourth-order valence-corrected chi connectivity index (χ4v) is 3.07. The van der Waals surface area contributed by atoms with E-state index in [1.54, 1.807) is 23.1 Å². The number of carbonyl (C=O) groups is 1. The minimum absolute atomic E-state index is 0.0457. The molecule has 1 N–H and O–H groups in total. The van der Waals surface area contributed by atoms with E-state index < -0.39 is 11.6 Å². The van der Waals surface area contributed by atoms with Gasteiger partial charge in [-0.2, -0.15) is 5.26 Å². The topological polar surface area (TPSA) is 56.1 Å². The molecule has 0 amide bonds. The first-order valence-electron chi connectivity index (χ1n) is 8.93. The average molecular weight is 406 g/mol. The van der Waals surface area contributed by atoms with Gasteiger partial charge in [0.2, 0.25) is 0 Å². The molecule has 0 bridgehead atoms. The molecule has 4 nitrogen and oxygen atoms in total. The number of nitrogens with zero attached hydrogens (tertiary/aromatic N) is 2. The molecule has 2 rings (SSSR count). The van der Waals surface area contributed by atoms with Crippen molar-refractivity contribution in [2.75, 3.05) is 11.4 Å². The van der Waals surface area contributed by atoms with E-state index in [-0.39, 0.29) is 35.6 Å². The van der Waals surface area contributed by atoms with Crippen LogP contribution in [0.25, 0.3) is 0 Å². The fraction of sp³-hybridized carbons (Fsp3) is 0.333. The second-order valence-corrected chi connectivity index (χ2v) is 7.17. The molecule has 0 heterocycles. The number of rotatable bonds is 9. The molecule has 2 aromatic rings. The van der Waals surface area contributed by atoms with Crippen LogP contribution in [0.2, 0.25) is 5.02 Å². The summed E-state index contributed by atoms with van der Waals surface area (Å²) in [6.45, 7) is 4.47. The Labute approximate surface area is 168 Å². The predicted octanol–water partition coefficient (Wildman–Crippen LogP) is 4.45. The summed E-state index contributed by atoms with van der Waals surface area (Å²) in [4.78, 5) is 13.1. The molecule has 0 aliphatic carbocycles. The second kappa shape index (κ2) is 10.2. The first-order valence-corrected chi connectivity index (χ1v) is 9.30. The number of benzene rings is 2. The summed E-state index contributed by atoms with van der Waals surface area (Å²) in [7, 11) is 0. The molecule has 0 radical (unpaired) electrons. The van der Waals surface area contributed by atoms with Crippen molar-refractivity contribution in [3.63, 3.8) is 0 Å². The Kier molecular flexibility index (Phi) is 7.91. The van der Waals surface area contributed by atoms with E-state index in [1.165, 1.54) is 0 Å². The van der Waals surface area contributed by atoms with E-state index >= 15 is 0 Å². The van der Waals surface area contributed by atoms with E-state index in [4.69, 9.17) is 16.9 Å². The summed E-state index contributed by atoms with van der Waals surface area (Å²) in [5.41, 5.74) is 1.10. The molecule has 7 heteroatoms. The van der Waals surface area contributed by atoms with Gasteiger partial charge in [0.25, 0.3) is 0 Å². The van der Waals surface area contributed by atoms with Crippen LogP contribution in [0.15, 0.2) is 36.4 Å². The minimum Gasteiger partial charge on any atom is -0.362 e. The van der Waals surface area contributed by atoms with Crippen LogP contribution in [0.5, 0.6) is 0 Å². The lowest BCUT2D eigenvalue weighted by Gasteiger charge is -2.34. The lowest BCUT2D eigenvalue weighted by Crippen LogP contribution is -2.44. The molecular formula is C21H22ClF2N3O. The molecule has 0 aliphatic heterocycles. The van der Waals surface area contributed by atoms with Gasteiger partial charge in [-0.05, 0) is 36.4 Å². The largest absolute Gasteiger partial charge is 0.362 e. The third kappa shape index (κ3) is 5.75. The van der Waals surface area contributed by atoms with Crippen LogP contribution in [0, 0.1) is 23.0 Å². The number of halogens is 3. The number of carbonyl (C=O) groups excluding carboxylic acids is 1. The zero-order valence-electron chi connectivity index (χ0n) is 15.8. The maximum Gasteiger partial charge on any atom is 0.128 e. The molecule has 0 spiro atoms. The van der Waals surface area contributed by atoms with E-state index in [9.17, 15) is 13.6 Å². The maximum atomic E-state index is 14.3. The molecule has 148 valence electrons. The minimum atomic E-state index is -0.540. The van der Waals surface area contributed by atoms with Crippen molar-refractivity contribution < 1.29 is 13.6 Å². The summed E-state index contributed by atoms with van der Waals surface area (Å²) < 4.78 is 27.9. The highest BCUT2D eigenvalue weighted by Gasteiger charge is 2.22. The molecule has 2 aromatic carbocycles. The Morgan fingerprint density at radius 3 is 2.61 bits per heavy atom. The highest BCUT2D eigenvalue weighted by molar-refractivity contribution is 6.32. The van der Waals surface area contributed by atoms with Gasteiger partial charge < -0.3 is 15.0 Å². The predicted molar refractivity (Wildman–Crippen MR) is 106 cm³/mol. The molecule has 0 saturated carbocycles. The monoisotopic (exact) mass is 405 g/mol. The summed E-state index contributed by atoms with van der Waals surface area (Å²) in [5, 5.41) is 12.6. The number of nitrogens with one attached hydrogen (secondary N) is 1. The Bertz CT molecular complexity index is 867. The van der Waals surface area contributed by atoms with Crippen LogP contribution < -0.4 is 10.2 Å². The zero-order chi connectivity index (χ0) is 20.7. The molecule has 0 aromatic heterocycles. The van der Waals surface area contributed by atoms with Gasteiger partial charge in [0.05, 0.1) is 10.6 Å². The van der Waals surface area contributed by atoms with Crippen LogP contribution in [0.4, 0.5) is 14.5 Å². The molecule has 0 aliphatic rings. The second-order valence-electron chi connectivity index (χ2n) is 6.76. The Balaban J connectivity index is 2.46. The normalized spacial score (nSPS) is 11.9. The van der Waals surface area contributed by atoms with E-state index in [2.05, 4.69) is 5.32 Å². The van der Waals surface area contributed by atoms with Crippen LogP contribution in [0.1, 0.15) is 31.4 Å². The lowest BCUT2D eigenvalue weighted by atomic mass is 10.1. The van der Waals surface area contributed by atoms with Gasteiger partial charge in [-0.25, -0.2) is 8.78 Å². The molecule has 0 unspecified atom stereocenters. The summed E-state index contributed by atoms with van der Waals surface area (Å²) in [6.07, 6.45) is 0.987. The molecule has 28 heavy (non-hydrogen) atoms. The van der Waals surface area contributed by atoms with Crippen molar-refractivity contribution in [1.29, 1.82) is 5.26 Å². The zero-order valence-corrected chi connectivity index (χ0v) is 16.5. The standard InChI is InChI=1S/C21H22ClF2N3O/c1-14(2)26-12-19(7-8-28)27(13-16-9-17(23)4-6-21(16)24)18-5-3-15(11-25)20(22)10-18/h3-6,8-10,14,19,26H,7,12-13H2,1-2H3/t19-/m0/s1. The van der Waals surface area contributed by atoms with Crippen molar-refractivity contribution in [1.82, 2.24) is 5.32 Å². The number of nitriles is 1. The molecule has 0 fully saturated rings. The SMILES string of the molecule is CC(C)NC[C@H](CC=O)N(Cc1cc(F)ccc1F)c1ccc(C#N)c(Cl)c1. The smallest absolute Gasteiger partial charge is 0.128 e. The van der Waals surface area contributed by atoms with Gasteiger partial charge >= 0.3 is 0 Å². The molecule has 1 atom stereocenters. The van der Waals surface area contributed by atoms with Crippen LogP contribution >= 0.6 is 11.6 Å². The van der Waals surface area contributed by atoms with Gasteiger partial charge in [-0.3, -0.25) is 0 Å². The Morgan fingerprint density at radius 2 is 2.00 bits per heavy atom. The lowest BCUT2D eigenvalue weighted by molar-refractivity contribution is -0.108. The van der Waals surface area contributed by atoms with Crippen LogP contribution in [0.3, 0.4) is 0 Å². The van der Waals surface area contributed by atoms with Crippen molar-refractivity contribution >= 4 is 23.6 Å². The third-order valence-corrected chi connectivity index (χ3v) is 4.64. The number of anilines is 1. The third-order valence-electron chi connectivity index (χ3n) is 4.32. The average Bonchev–Trinajstić information content (AvgIpc) is 2.66. The quantitative estimate of drug-likeness (QED) is 0.626. The first-order chi connectivity index (χ1) is 13.3. The number of aldehydes is 1. The number of hydrogen-bond donors (Lipinski definition) is 1. The van der Waals surface area contributed by atoms with E-state index in [1.807, 2.05) is 19.9 Å². The van der Waals surface area contributed by atoms with E-state index in [0.717, 1.165) is 24.5 Å². The molecular weight excluding hydrogens is 384 g/mol. The highest BCUT2D eigenvalue weighted by Crippen LogP contribution is 2.27. The fourth-order valence-electron chi connectivity index (χ4n) is 2.86. The Hall–Kier alpha value is -2.49. The van der Waals surface area contributed by atoms with Crippen molar-refractivity contribution in [3.05, 3.63) is 64.2 Å². The van der Waals surface area contributed by atoms with Gasteiger partial charge in [0.15, 0.2) is 0 Å². The van der Waals surface area contributed by atoms with Crippen molar-refractivity contribution in [3.8, 4) is 6.07 Å². The number of hydrogen-bond acceptors (Lipinski definition) is 4. The summed E-state index contributed by atoms with van der Waals surface area (Å²) in [5.74, 6) is -1.07. The van der Waals surface area contributed by atoms with Crippen molar-refractivity contribution in [2.45, 2.75) is 38.9 Å². The molecule has 0 saturated heterocycles. The maximum absolute atomic E-state index is 14.3. The van der Waals surface area contributed by atoms with Crippen LogP contribution in [-0.2, 0) is 11.3 Å². The highest BCUT2D eigenvalue weighted by atomic mass is 35.5. The van der Waals surface area contributed by atoms with E-state index in [0.29, 0.717) is 17.8 Å². The summed E-state index contributed by atoms with van der Waals surface area (Å²) >= 11 is 6.17.